The van der Waals surface area contributed by atoms with E-state index in [1.807, 2.05) is 60.7 Å². The molecule has 2 unspecified atom stereocenters. The molecule has 0 saturated carbocycles. The number of nitrogens with zero attached hydrogens (tertiary/aromatic N) is 1. The van der Waals surface area contributed by atoms with Crippen molar-refractivity contribution in [1.82, 2.24) is 10.4 Å². The number of amides is 3. The number of carbonyl (C=O) groups is 3. The summed E-state index contributed by atoms with van der Waals surface area (Å²) in [6, 6.07) is 22.9. The van der Waals surface area contributed by atoms with Crippen LogP contribution in [-0.2, 0) is 9.59 Å². The van der Waals surface area contributed by atoms with E-state index in [1.54, 1.807) is 37.3 Å². The predicted molar refractivity (Wildman–Crippen MR) is 136 cm³/mol. The van der Waals surface area contributed by atoms with E-state index < -0.39 is 18.1 Å². The number of anilines is 1. The molecule has 184 valence electrons. The SMILES string of the molecule is CCOc1cc(NC(C)=O)ccc1C(=O)NN1C(=O)C(Oc2ccccc2)C1C=Cc1ccccc1. The van der Waals surface area contributed by atoms with Crippen molar-refractivity contribution in [2.24, 2.45) is 0 Å². The molecule has 36 heavy (non-hydrogen) atoms. The van der Waals surface area contributed by atoms with E-state index in [0.717, 1.165) is 5.56 Å². The molecule has 1 fully saturated rings. The highest BCUT2D eigenvalue weighted by Gasteiger charge is 2.49. The van der Waals surface area contributed by atoms with Gasteiger partial charge in [-0.25, -0.2) is 5.01 Å². The van der Waals surface area contributed by atoms with Gasteiger partial charge in [0.15, 0.2) is 0 Å². The highest BCUT2D eigenvalue weighted by molar-refractivity contribution is 6.00. The summed E-state index contributed by atoms with van der Waals surface area (Å²) in [4.78, 5) is 37.6. The average molecular weight is 486 g/mol. The van der Waals surface area contributed by atoms with Crippen LogP contribution in [0.15, 0.2) is 84.9 Å². The van der Waals surface area contributed by atoms with Crippen LogP contribution in [0.5, 0.6) is 11.5 Å². The first-order valence-electron chi connectivity index (χ1n) is 11.6. The Kier molecular flexibility index (Phi) is 7.65. The molecule has 2 atom stereocenters. The van der Waals surface area contributed by atoms with Crippen LogP contribution in [-0.4, -0.2) is 41.5 Å². The zero-order chi connectivity index (χ0) is 25.5. The lowest BCUT2D eigenvalue weighted by Crippen LogP contribution is -2.71. The number of carbonyl (C=O) groups excluding carboxylic acids is 3. The summed E-state index contributed by atoms with van der Waals surface area (Å²) in [7, 11) is 0. The Morgan fingerprint density at radius 1 is 1.00 bits per heavy atom. The van der Waals surface area contributed by atoms with Crippen LogP contribution in [0.2, 0.25) is 0 Å². The van der Waals surface area contributed by atoms with E-state index in [0.29, 0.717) is 23.8 Å². The molecule has 0 aliphatic carbocycles. The van der Waals surface area contributed by atoms with Gasteiger partial charge < -0.3 is 14.8 Å². The average Bonchev–Trinajstić information content (AvgIpc) is 2.88. The van der Waals surface area contributed by atoms with Gasteiger partial charge in [0.25, 0.3) is 11.8 Å². The highest BCUT2D eigenvalue weighted by atomic mass is 16.5. The van der Waals surface area contributed by atoms with Gasteiger partial charge in [0.1, 0.15) is 17.5 Å². The van der Waals surface area contributed by atoms with Crippen molar-refractivity contribution in [3.05, 3.63) is 96.1 Å². The van der Waals surface area contributed by atoms with Gasteiger partial charge in [-0.05, 0) is 36.8 Å². The van der Waals surface area contributed by atoms with Crippen LogP contribution >= 0.6 is 0 Å². The number of hydrogen-bond donors (Lipinski definition) is 2. The lowest BCUT2D eigenvalue weighted by atomic mass is 9.98. The second-order valence-electron chi connectivity index (χ2n) is 8.09. The minimum Gasteiger partial charge on any atom is -0.493 e. The first-order chi connectivity index (χ1) is 17.5. The minimum atomic E-state index is -0.791. The Labute approximate surface area is 209 Å². The summed E-state index contributed by atoms with van der Waals surface area (Å²) < 4.78 is 11.6. The molecule has 4 rings (SSSR count). The Balaban J connectivity index is 1.56. The van der Waals surface area contributed by atoms with Gasteiger partial charge in [-0.1, -0.05) is 60.7 Å². The van der Waals surface area contributed by atoms with Gasteiger partial charge >= 0.3 is 0 Å². The summed E-state index contributed by atoms with van der Waals surface area (Å²) in [6.45, 7) is 3.51. The Morgan fingerprint density at radius 2 is 1.69 bits per heavy atom. The van der Waals surface area contributed by atoms with Crippen LogP contribution in [0.3, 0.4) is 0 Å². The zero-order valence-corrected chi connectivity index (χ0v) is 20.0. The molecule has 3 amide bonds. The molecule has 8 heteroatoms. The van der Waals surface area contributed by atoms with Crippen molar-refractivity contribution >= 4 is 29.5 Å². The minimum absolute atomic E-state index is 0.233. The van der Waals surface area contributed by atoms with Crippen LogP contribution in [0.4, 0.5) is 5.69 Å². The van der Waals surface area contributed by atoms with Crippen molar-refractivity contribution in [2.45, 2.75) is 26.0 Å². The Hall–Kier alpha value is -4.59. The maximum absolute atomic E-state index is 13.2. The third-order valence-electron chi connectivity index (χ3n) is 5.45. The molecule has 0 spiro atoms. The molecule has 1 aliphatic heterocycles. The molecule has 3 aromatic carbocycles. The van der Waals surface area contributed by atoms with Gasteiger partial charge in [0.2, 0.25) is 12.0 Å². The monoisotopic (exact) mass is 485 g/mol. The maximum Gasteiger partial charge on any atom is 0.285 e. The number of benzene rings is 3. The maximum atomic E-state index is 13.2. The molecule has 1 heterocycles. The third-order valence-corrected chi connectivity index (χ3v) is 5.45. The normalized spacial score (nSPS) is 16.8. The largest absolute Gasteiger partial charge is 0.493 e. The second kappa shape index (κ2) is 11.2. The van der Waals surface area contributed by atoms with Crippen LogP contribution in [0.25, 0.3) is 6.08 Å². The Bertz CT molecular complexity index is 1260. The van der Waals surface area contributed by atoms with Crippen molar-refractivity contribution < 1.29 is 23.9 Å². The second-order valence-corrected chi connectivity index (χ2v) is 8.09. The van der Waals surface area contributed by atoms with E-state index in [1.165, 1.54) is 11.9 Å². The number of hydrazine groups is 1. The van der Waals surface area contributed by atoms with Crippen molar-refractivity contribution in [3.8, 4) is 11.5 Å². The van der Waals surface area contributed by atoms with Gasteiger partial charge in [0.05, 0.1) is 12.2 Å². The lowest BCUT2D eigenvalue weighted by Gasteiger charge is -2.44. The molecule has 8 nitrogen and oxygen atoms in total. The molecule has 1 aliphatic rings. The van der Waals surface area contributed by atoms with Crippen LogP contribution in [0.1, 0.15) is 29.8 Å². The summed E-state index contributed by atoms with van der Waals surface area (Å²) in [5, 5.41) is 3.92. The van der Waals surface area contributed by atoms with Crippen molar-refractivity contribution in [1.29, 1.82) is 0 Å². The fourth-order valence-electron chi connectivity index (χ4n) is 3.78. The summed E-state index contributed by atoms with van der Waals surface area (Å²) >= 11 is 0. The quantitative estimate of drug-likeness (QED) is 0.446. The van der Waals surface area contributed by atoms with E-state index in [4.69, 9.17) is 9.47 Å². The topological polar surface area (TPSA) is 97.0 Å². The highest BCUT2D eigenvalue weighted by Crippen LogP contribution is 2.28. The van der Waals surface area contributed by atoms with E-state index in [-0.39, 0.29) is 17.4 Å². The van der Waals surface area contributed by atoms with Crippen LogP contribution < -0.4 is 20.2 Å². The molecule has 2 N–H and O–H groups in total. The number of ether oxygens (including phenoxy) is 2. The van der Waals surface area contributed by atoms with E-state index >= 15 is 0 Å². The number of hydrogen-bond acceptors (Lipinski definition) is 5. The fourth-order valence-corrected chi connectivity index (χ4v) is 3.78. The van der Waals surface area contributed by atoms with E-state index in [9.17, 15) is 14.4 Å². The molecule has 0 radical (unpaired) electrons. The van der Waals surface area contributed by atoms with Crippen molar-refractivity contribution in [3.63, 3.8) is 0 Å². The summed E-state index contributed by atoms with van der Waals surface area (Å²) in [5.74, 6) is -0.270. The standard InChI is InChI=1S/C28H27N3O5/c1-3-35-25-18-21(29-19(2)32)15-16-23(25)27(33)30-31-24(17-14-20-10-6-4-7-11-20)26(28(31)34)36-22-12-8-5-9-13-22/h4-18,24,26H,3H2,1-2H3,(H,29,32)(H,30,33). The number of nitrogens with one attached hydrogen (secondary N) is 2. The third kappa shape index (κ3) is 5.72. The molecule has 0 aromatic heterocycles. The fraction of sp³-hybridized carbons (Fsp3) is 0.179. The molecule has 3 aromatic rings. The van der Waals surface area contributed by atoms with Gasteiger partial charge in [-0.15, -0.1) is 0 Å². The summed E-state index contributed by atoms with van der Waals surface area (Å²) in [5.41, 5.74) is 4.38. The Morgan fingerprint density at radius 3 is 2.36 bits per heavy atom. The molecular formula is C28H27N3O5. The first kappa shape index (κ1) is 24.5. The van der Waals surface area contributed by atoms with Crippen LogP contribution in [0, 0.1) is 0 Å². The smallest absolute Gasteiger partial charge is 0.285 e. The summed E-state index contributed by atoms with van der Waals surface area (Å²) in [6.07, 6.45) is 2.92. The zero-order valence-electron chi connectivity index (χ0n) is 20.0. The van der Waals surface area contributed by atoms with Gasteiger partial charge in [-0.2, -0.15) is 0 Å². The van der Waals surface area contributed by atoms with E-state index in [2.05, 4.69) is 10.7 Å². The number of para-hydroxylation sites is 1. The lowest BCUT2D eigenvalue weighted by molar-refractivity contribution is -0.163. The molecule has 0 bridgehead atoms. The van der Waals surface area contributed by atoms with Crippen molar-refractivity contribution in [2.75, 3.05) is 11.9 Å². The molecular weight excluding hydrogens is 458 g/mol. The van der Waals surface area contributed by atoms with Gasteiger partial charge in [0, 0.05) is 18.7 Å². The predicted octanol–water partition coefficient (Wildman–Crippen LogP) is 4.06. The number of rotatable bonds is 9. The van der Waals surface area contributed by atoms with Gasteiger partial charge in [-0.3, -0.25) is 19.8 Å². The first-order valence-corrected chi connectivity index (χ1v) is 11.6. The molecule has 1 saturated heterocycles. The number of β-lactam (4-membered cyclic amide) rings is 1.